The molecule has 1 aromatic heterocycles. The number of morpholine rings is 1. The molecular weight excluding hydrogens is 202 g/mol. The van der Waals surface area contributed by atoms with Crippen molar-refractivity contribution in [2.75, 3.05) is 18.9 Å². The quantitative estimate of drug-likeness (QED) is 0.817. The molecule has 1 saturated heterocycles. The zero-order chi connectivity index (χ0) is 11.5. The normalized spacial score (nSPS) is 26.9. The molecule has 2 heterocycles. The Balaban J connectivity index is 2.04. The highest BCUT2D eigenvalue weighted by Gasteiger charge is 2.25. The number of nitrogens with two attached hydrogens (primary N) is 1. The van der Waals surface area contributed by atoms with Crippen LogP contribution in [0.2, 0.25) is 0 Å². The van der Waals surface area contributed by atoms with Gasteiger partial charge in [-0.05, 0) is 25.5 Å². The van der Waals surface area contributed by atoms with Gasteiger partial charge in [0.05, 0.1) is 13.2 Å². The lowest BCUT2D eigenvalue weighted by Gasteiger charge is -2.38. The van der Waals surface area contributed by atoms with E-state index in [1.54, 1.807) is 0 Å². The molecule has 0 spiro atoms. The monoisotopic (exact) mass is 221 g/mol. The van der Waals surface area contributed by atoms with Gasteiger partial charge >= 0.3 is 0 Å². The second-order valence-corrected chi connectivity index (χ2v) is 4.50. The van der Waals surface area contributed by atoms with Gasteiger partial charge in [0, 0.05) is 24.8 Å². The van der Waals surface area contributed by atoms with E-state index in [-0.39, 0.29) is 0 Å². The fourth-order valence-electron chi connectivity index (χ4n) is 2.09. The lowest BCUT2D eigenvalue weighted by molar-refractivity contribution is -0.0409. The number of hydrogen-bond acceptors (Lipinski definition) is 4. The van der Waals surface area contributed by atoms with E-state index in [1.165, 1.54) is 5.56 Å². The number of pyridine rings is 1. The lowest BCUT2D eigenvalue weighted by atomic mass is 10.1. The Bertz CT molecular complexity index is 329. The fourth-order valence-corrected chi connectivity index (χ4v) is 2.09. The molecule has 1 fully saturated rings. The number of ether oxygens (including phenoxy) is 1. The SMILES string of the molecule is CC1COCC(C)N1Cc1ccc(N)nc1. The first-order valence-corrected chi connectivity index (χ1v) is 5.70. The average Bonchev–Trinajstić information content (AvgIpc) is 2.26. The van der Waals surface area contributed by atoms with Crippen LogP contribution in [0.15, 0.2) is 18.3 Å². The summed E-state index contributed by atoms with van der Waals surface area (Å²) in [5, 5.41) is 0. The first kappa shape index (κ1) is 11.4. The van der Waals surface area contributed by atoms with Crippen molar-refractivity contribution in [1.29, 1.82) is 0 Å². The van der Waals surface area contributed by atoms with Gasteiger partial charge in [-0.2, -0.15) is 0 Å². The Labute approximate surface area is 96.4 Å². The highest BCUT2D eigenvalue weighted by Crippen LogP contribution is 2.16. The number of anilines is 1. The second-order valence-electron chi connectivity index (χ2n) is 4.50. The largest absolute Gasteiger partial charge is 0.384 e. The van der Waals surface area contributed by atoms with Crippen molar-refractivity contribution in [1.82, 2.24) is 9.88 Å². The van der Waals surface area contributed by atoms with E-state index in [9.17, 15) is 0 Å². The summed E-state index contributed by atoms with van der Waals surface area (Å²) in [6.07, 6.45) is 1.85. The minimum atomic E-state index is 0.460. The van der Waals surface area contributed by atoms with Crippen molar-refractivity contribution in [3.8, 4) is 0 Å². The predicted octanol–water partition coefficient (Wildman–Crippen LogP) is 1.27. The Morgan fingerprint density at radius 1 is 1.38 bits per heavy atom. The van der Waals surface area contributed by atoms with Crippen LogP contribution in [0.3, 0.4) is 0 Å². The van der Waals surface area contributed by atoms with Gasteiger partial charge in [0.2, 0.25) is 0 Å². The molecule has 0 bridgehead atoms. The van der Waals surface area contributed by atoms with E-state index < -0.39 is 0 Å². The summed E-state index contributed by atoms with van der Waals surface area (Å²) >= 11 is 0. The third kappa shape index (κ3) is 2.51. The van der Waals surface area contributed by atoms with Crippen LogP contribution in [0.4, 0.5) is 5.82 Å². The molecule has 0 radical (unpaired) electrons. The van der Waals surface area contributed by atoms with Gasteiger partial charge in [-0.25, -0.2) is 4.98 Å². The summed E-state index contributed by atoms with van der Waals surface area (Å²) in [6, 6.07) is 4.81. The van der Waals surface area contributed by atoms with Crippen LogP contribution in [0, 0.1) is 0 Å². The van der Waals surface area contributed by atoms with Gasteiger partial charge < -0.3 is 10.5 Å². The maximum atomic E-state index is 5.57. The van der Waals surface area contributed by atoms with Crippen molar-refractivity contribution < 1.29 is 4.74 Å². The van der Waals surface area contributed by atoms with Gasteiger partial charge in [-0.3, -0.25) is 4.90 Å². The molecule has 1 aliphatic heterocycles. The van der Waals surface area contributed by atoms with E-state index in [4.69, 9.17) is 10.5 Å². The van der Waals surface area contributed by atoms with E-state index in [0.29, 0.717) is 17.9 Å². The Morgan fingerprint density at radius 2 is 2.06 bits per heavy atom. The van der Waals surface area contributed by atoms with E-state index in [1.807, 2.05) is 18.3 Å². The van der Waals surface area contributed by atoms with Gasteiger partial charge in [-0.1, -0.05) is 6.07 Å². The van der Waals surface area contributed by atoms with Crippen LogP contribution in [-0.4, -0.2) is 35.2 Å². The number of rotatable bonds is 2. The maximum absolute atomic E-state index is 5.57. The van der Waals surface area contributed by atoms with Crippen molar-refractivity contribution in [3.63, 3.8) is 0 Å². The topological polar surface area (TPSA) is 51.4 Å². The van der Waals surface area contributed by atoms with Crippen molar-refractivity contribution in [2.24, 2.45) is 0 Å². The van der Waals surface area contributed by atoms with Crippen molar-refractivity contribution in [2.45, 2.75) is 32.5 Å². The van der Waals surface area contributed by atoms with E-state index >= 15 is 0 Å². The predicted molar refractivity (Wildman–Crippen MR) is 63.9 cm³/mol. The lowest BCUT2D eigenvalue weighted by Crippen LogP contribution is -2.48. The molecule has 0 saturated carbocycles. The van der Waals surface area contributed by atoms with Crippen LogP contribution in [0.5, 0.6) is 0 Å². The first-order valence-electron chi connectivity index (χ1n) is 5.70. The van der Waals surface area contributed by atoms with Crippen LogP contribution >= 0.6 is 0 Å². The van der Waals surface area contributed by atoms with Crippen LogP contribution in [0.1, 0.15) is 19.4 Å². The van der Waals surface area contributed by atoms with Gasteiger partial charge in [-0.15, -0.1) is 0 Å². The maximum Gasteiger partial charge on any atom is 0.123 e. The summed E-state index contributed by atoms with van der Waals surface area (Å²) in [7, 11) is 0. The average molecular weight is 221 g/mol. The van der Waals surface area contributed by atoms with Gasteiger partial charge in [0.25, 0.3) is 0 Å². The Hall–Kier alpha value is -1.13. The zero-order valence-corrected chi connectivity index (χ0v) is 9.89. The van der Waals surface area contributed by atoms with E-state index in [2.05, 4.69) is 23.7 Å². The Morgan fingerprint density at radius 3 is 2.62 bits per heavy atom. The molecule has 16 heavy (non-hydrogen) atoms. The minimum absolute atomic E-state index is 0.460. The molecule has 2 atom stereocenters. The molecule has 0 aliphatic carbocycles. The number of nitrogens with zero attached hydrogens (tertiary/aromatic N) is 2. The molecule has 88 valence electrons. The first-order chi connectivity index (χ1) is 7.66. The Kier molecular flexibility index (Phi) is 3.41. The number of nitrogen functional groups attached to an aromatic ring is 1. The molecule has 4 nitrogen and oxygen atoms in total. The minimum Gasteiger partial charge on any atom is -0.384 e. The van der Waals surface area contributed by atoms with Crippen LogP contribution < -0.4 is 5.73 Å². The molecule has 2 N–H and O–H groups in total. The molecule has 2 unspecified atom stereocenters. The van der Waals surface area contributed by atoms with Crippen LogP contribution in [0.25, 0.3) is 0 Å². The van der Waals surface area contributed by atoms with Gasteiger partial charge in [0.1, 0.15) is 5.82 Å². The summed E-state index contributed by atoms with van der Waals surface area (Å²) in [5.74, 6) is 0.576. The number of aromatic nitrogens is 1. The standard InChI is InChI=1S/C12H19N3O/c1-9-7-16-8-10(2)15(9)6-11-3-4-12(13)14-5-11/h3-5,9-10H,6-8H2,1-2H3,(H2,13,14). The molecule has 1 aromatic rings. The highest BCUT2D eigenvalue weighted by molar-refractivity contribution is 5.29. The summed E-state index contributed by atoms with van der Waals surface area (Å²) in [4.78, 5) is 6.56. The van der Waals surface area contributed by atoms with Crippen molar-refractivity contribution in [3.05, 3.63) is 23.9 Å². The highest BCUT2D eigenvalue weighted by atomic mass is 16.5. The van der Waals surface area contributed by atoms with Gasteiger partial charge in [0.15, 0.2) is 0 Å². The third-order valence-corrected chi connectivity index (χ3v) is 3.06. The molecule has 2 rings (SSSR count). The number of hydrogen-bond donors (Lipinski definition) is 1. The van der Waals surface area contributed by atoms with Crippen molar-refractivity contribution >= 4 is 5.82 Å². The molecule has 0 amide bonds. The van der Waals surface area contributed by atoms with E-state index in [0.717, 1.165) is 19.8 Å². The smallest absolute Gasteiger partial charge is 0.123 e. The molecule has 0 aromatic carbocycles. The summed E-state index contributed by atoms with van der Waals surface area (Å²) < 4.78 is 5.50. The third-order valence-electron chi connectivity index (χ3n) is 3.06. The molecule has 1 aliphatic rings. The summed E-state index contributed by atoms with van der Waals surface area (Å²) in [6.45, 7) is 6.93. The fraction of sp³-hybridized carbons (Fsp3) is 0.583. The van der Waals surface area contributed by atoms with Crippen LogP contribution in [-0.2, 0) is 11.3 Å². The molecular formula is C12H19N3O. The second kappa shape index (κ2) is 4.80. The summed E-state index contributed by atoms with van der Waals surface area (Å²) in [5.41, 5.74) is 6.77. The zero-order valence-electron chi connectivity index (χ0n) is 9.89. The molecule has 4 heteroatoms.